The van der Waals surface area contributed by atoms with Crippen LogP contribution in [0.25, 0.3) is 0 Å². The van der Waals surface area contributed by atoms with Crippen LogP contribution >= 0.6 is 11.6 Å². The molecule has 1 aliphatic rings. The molecule has 2 rings (SSSR count). The molecule has 1 aromatic rings. The molecule has 1 fully saturated rings. The van der Waals surface area contributed by atoms with Crippen molar-refractivity contribution in [3.63, 3.8) is 0 Å². The third-order valence-corrected chi connectivity index (χ3v) is 3.84. The summed E-state index contributed by atoms with van der Waals surface area (Å²) >= 11 is 5.95. The standard InChI is InChI=1S/C14H19ClN2O/c1-10-7-13(15)5-4-11(10)8-17-6-2-3-12(9-17)14(16)18/h4-5,7,12H,2-3,6,8-9H2,1H3,(H2,16,18)/t12-/m1/s1. The van der Waals surface area contributed by atoms with Crippen LogP contribution in [0.4, 0.5) is 0 Å². The van der Waals surface area contributed by atoms with E-state index in [9.17, 15) is 4.79 Å². The van der Waals surface area contributed by atoms with E-state index < -0.39 is 0 Å². The molecule has 1 aromatic carbocycles. The Labute approximate surface area is 113 Å². The Hall–Kier alpha value is -1.06. The minimum Gasteiger partial charge on any atom is -0.369 e. The summed E-state index contributed by atoms with van der Waals surface area (Å²) in [5.74, 6) is -0.168. The predicted octanol–water partition coefficient (Wildman–Crippen LogP) is 2.35. The van der Waals surface area contributed by atoms with Crippen LogP contribution in [0.2, 0.25) is 5.02 Å². The second kappa shape index (κ2) is 5.72. The largest absolute Gasteiger partial charge is 0.369 e. The molecule has 0 unspecified atom stereocenters. The predicted molar refractivity (Wildman–Crippen MR) is 73.4 cm³/mol. The van der Waals surface area contributed by atoms with E-state index in [-0.39, 0.29) is 11.8 Å². The first kappa shape index (κ1) is 13.4. The minimum absolute atomic E-state index is 0.00589. The molecule has 2 N–H and O–H groups in total. The topological polar surface area (TPSA) is 46.3 Å². The van der Waals surface area contributed by atoms with Gasteiger partial charge in [-0.05, 0) is 49.6 Å². The van der Waals surface area contributed by atoms with Gasteiger partial charge in [-0.1, -0.05) is 17.7 Å². The van der Waals surface area contributed by atoms with Crippen LogP contribution in [-0.4, -0.2) is 23.9 Å². The van der Waals surface area contributed by atoms with Gasteiger partial charge in [0, 0.05) is 18.1 Å². The van der Waals surface area contributed by atoms with Crippen LogP contribution in [0, 0.1) is 12.8 Å². The van der Waals surface area contributed by atoms with E-state index in [1.54, 1.807) is 0 Å². The van der Waals surface area contributed by atoms with Crippen LogP contribution in [0.15, 0.2) is 18.2 Å². The summed E-state index contributed by atoms with van der Waals surface area (Å²) in [5, 5.41) is 0.768. The first-order chi connectivity index (χ1) is 8.56. The van der Waals surface area contributed by atoms with E-state index in [0.29, 0.717) is 0 Å². The fraction of sp³-hybridized carbons (Fsp3) is 0.500. The van der Waals surface area contributed by atoms with E-state index in [1.165, 1.54) is 11.1 Å². The van der Waals surface area contributed by atoms with Crippen LogP contribution < -0.4 is 5.73 Å². The third kappa shape index (κ3) is 3.24. The number of hydrogen-bond acceptors (Lipinski definition) is 2. The van der Waals surface area contributed by atoms with Crippen molar-refractivity contribution in [2.75, 3.05) is 13.1 Å². The third-order valence-electron chi connectivity index (χ3n) is 3.61. The lowest BCUT2D eigenvalue weighted by molar-refractivity contribution is -0.123. The number of amides is 1. The molecule has 1 atom stereocenters. The fourth-order valence-electron chi connectivity index (χ4n) is 2.51. The molecule has 1 aliphatic heterocycles. The Morgan fingerprint density at radius 2 is 2.33 bits per heavy atom. The van der Waals surface area contributed by atoms with Gasteiger partial charge in [-0.3, -0.25) is 9.69 Å². The smallest absolute Gasteiger partial charge is 0.221 e. The molecule has 1 amide bonds. The Kier molecular flexibility index (Phi) is 4.25. The van der Waals surface area contributed by atoms with E-state index in [2.05, 4.69) is 17.9 Å². The first-order valence-corrected chi connectivity index (χ1v) is 6.71. The molecule has 0 aromatic heterocycles. The van der Waals surface area contributed by atoms with Gasteiger partial charge in [0.05, 0.1) is 5.92 Å². The molecular weight excluding hydrogens is 248 g/mol. The van der Waals surface area contributed by atoms with Crippen molar-refractivity contribution in [2.24, 2.45) is 11.7 Å². The van der Waals surface area contributed by atoms with Crippen LogP contribution in [0.5, 0.6) is 0 Å². The molecule has 98 valence electrons. The van der Waals surface area contributed by atoms with Crippen molar-refractivity contribution < 1.29 is 4.79 Å². The quantitative estimate of drug-likeness (QED) is 0.913. The van der Waals surface area contributed by atoms with Crippen LogP contribution in [0.3, 0.4) is 0 Å². The van der Waals surface area contributed by atoms with Crippen molar-refractivity contribution in [3.05, 3.63) is 34.3 Å². The molecule has 1 heterocycles. The second-order valence-corrected chi connectivity index (χ2v) is 5.48. The molecule has 0 aliphatic carbocycles. The van der Waals surface area contributed by atoms with E-state index in [0.717, 1.165) is 37.5 Å². The van der Waals surface area contributed by atoms with Crippen molar-refractivity contribution in [3.8, 4) is 0 Å². The van der Waals surface area contributed by atoms with E-state index in [4.69, 9.17) is 17.3 Å². The maximum absolute atomic E-state index is 11.2. The Morgan fingerprint density at radius 3 is 3.00 bits per heavy atom. The van der Waals surface area contributed by atoms with Gasteiger partial charge in [-0.25, -0.2) is 0 Å². The molecule has 0 radical (unpaired) electrons. The van der Waals surface area contributed by atoms with Gasteiger partial charge in [0.25, 0.3) is 0 Å². The molecule has 0 bridgehead atoms. The summed E-state index contributed by atoms with van der Waals surface area (Å²) in [5.41, 5.74) is 7.86. The van der Waals surface area contributed by atoms with Gasteiger partial charge in [-0.15, -0.1) is 0 Å². The van der Waals surface area contributed by atoms with Gasteiger partial charge in [-0.2, -0.15) is 0 Å². The highest BCUT2D eigenvalue weighted by Crippen LogP contribution is 2.21. The number of carbonyl (C=O) groups excluding carboxylic acids is 1. The molecule has 18 heavy (non-hydrogen) atoms. The Bertz CT molecular complexity index is 447. The molecule has 4 heteroatoms. The average Bonchev–Trinajstić information content (AvgIpc) is 2.33. The van der Waals surface area contributed by atoms with Crippen LogP contribution in [0.1, 0.15) is 24.0 Å². The summed E-state index contributed by atoms with van der Waals surface area (Å²) in [6.45, 7) is 4.74. The summed E-state index contributed by atoms with van der Waals surface area (Å²) in [6.07, 6.45) is 1.96. The van der Waals surface area contributed by atoms with Gasteiger partial charge in [0.15, 0.2) is 0 Å². The van der Waals surface area contributed by atoms with Gasteiger partial charge in [0.1, 0.15) is 0 Å². The molecular formula is C14H19ClN2O. The minimum atomic E-state index is -0.174. The van der Waals surface area contributed by atoms with Gasteiger partial charge < -0.3 is 5.73 Å². The number of hydrogen-bond donors (Lipinski definition) is 1. The maximum Gasteiger partial charge on any atom is 0.221 e. The van der Waals surface area contributed by atoms with Crippen molar-refractivity contribution in [1.82, 2.24) is 4.90 Å². The number of rotatable bonds is 3. The SMILES string of the molecule is Cc1cc(Cl)ccc1CN1CCC[C@@H](C(N)=O)C1. The second-order valence-electron chi connectivity index (χ2n) is 5.05. The van der Waals surface area contributed by atoms with Crippen LogP contribution in [-0.2, 0) is 11.3 Å². The highest BCUT2D eigenvalue weighted by Gasteiger charge is 2.23. The number of carbonyl (C=O) groups is 1. The zero-order valence-electron chi connectivity index (χ0n) is 10.7. The average molecular weight is 267 g/mol. The maximum atomic E-state index is 11.2. The lowest BCUT2D eigenvalue weighted by Crippen LogP contribution is -2.40. The summed E-state index contributed by atoms with van der Waals surface area (Å²) in [7, 11) is 0. The molecule has 0 spiro atoms. The lowest BCUT2D eigenvalue weighted by Gasteiger charge is -2.31. The van der Waals surface area contributed by atoms with E-state index >= 15 is 0 Å². The number of aryl methyl sites for hydroxylation is 1. The lowest BCUT2D eigenvalue weighted by atomic mass is 9.96. The van der Waals surface area contributed by atoms with E-state index in [1.807, 2.05) is 12.1 Å². The number of benzene rings is 1. The number of piperidine rings is 1. The summed E-state index contributed by atoms with van der Waals surface area (Å²) < 4.78 is 0. The van der Waals surface area contributed by atoms with Gasteiger partial charge >= 0.3 is 0 Å². The normalized spacial score (nSPS) is 20.9. The first-order valence-electron chi connectivity index (χ1n) is 6.33. The number of likely N-dealkylation sites (tertiary alicyclic amines) is 1. The zero-order chi connectivity index (χ0) is 13.1. The number of nitrogens with two attached hydrogens (primary N) is 1. The van der Waals surface area contributed by atoms with Crippen molar-refractivity contribution in [1.29, 1.82) is 0 Å². The summed E-state index contributed by atoms with van der Waals surface area (Å²) in [4.78, 5) is 13.5. The number of halogens is 1. The van der Waals surface area contributed by atoms with Crippen molar-refractivity contribution in [2.45, 2.75) is 26.3 Å². The highest BCUT2D eigenvalue weighted by molar-refractivity contribution is 6.30. The van der Waals surface area contributed by atoms with Crippen molar-refractivity contribution >= 4 is 17.5 Å². The van der Waals surface area contributed by atoms with Gasteiger partial charge in [0.2, 0.25) is 5.91 Å². The molecule has 0 saturated carbocycles. The molecule has 3 nitrogen and oxygen atoms in total. The highest BCUT2D eigenvalue weighted by atomic mass is 35.5. The number of nitrogens with zero attached hydrogens (tertiary/aromatic N) is 1. The fourth-order valence-corrected chi connectivity index (χ4v) is 2.74. The monoisotopic (exact) mass is 266 g/mol. The molecule has 1 saturated heterocycles. The summed E-state index contributed by atoms with van der Waals surface area (Å²) in [6, 6.07) is 5.96. The number of primary amides is 1. The Balaban J connectivity index is 2.02. The zero-order valence-corrected chi connectivity index (χ0v) is 11.4. The Morgan fingerprint density at radius 1 is 1.56 bits per heavy atom.